The number of rotatable bonds is 6. The normalized spacial score (nSPS) is 19.3. The molecule has 0 aromatic heterocycles. The van der Waals surface area contributed by atoms with Gasteiger partial charge in [0.15, 0.2) is 0 Å². The molecule has 3 aromatic rings. The van der Waals surface area contributed by atoms with Gasteiger partial charge in [-0.3, -0.25) is 0 Å². The highest BCUT2D eigenvalue weighted by Crippen LogP contribution is 2.45. The summed E-state index contributed by atoms with van der Waals surface area (Å²) in [6.45, 7) is 13.1. The van der Waals surface area contributed by atoms with Crippen molar-refractivity contribution in [2.45, 2.75) is 27.7 Å². The Morgan fingerprint density at radius 1 is 0.700 bits per heavy atom. The fourth-order valence-corrected chi connectivity index (χ4v) is 4.23. The Morgan fingerprint density at radius 3 is 1.43 bits per heavy atom. The molecule has 158 valence electrons. The number of fused-ring (bicyclic) bond motifs is 2. The standard InChI is InChI=1S/C26H30O4/c1-17-9-21-22(10-18(17)2)24(30-16-26(4)13-28-14-26)20-8-6-5-7-19(20)23(21)29-15-25(3)11-27-12-25/h5-10H,11-16H2,1-4H3. The van der Waals surface area contributed by atoms with Crippen LogP contribution in [0.15, 0.2) is 36.4 Å². The number of ether oxygens (including phenoxy) is 4. The van der Waals surface area contributed by atoms with E-state index in [-0.39, 0.29) is 10.8 Å². The minimum atomic E-state index is 0.0845. The summed E-state index contributed by atoms with van der Waals surface area (Å²) in [5, 5.41) is 4.43. The van der Waals surface area contributed by atoms with E-state index in [1.54, 1.807) is 0 Å². The van der Waals surface area contributed by atoms with Gasteiger partial charge in [0.05, 0.1) is 39.6 Å². The van der Waals surface area contributed by atoms with Crippen LogP contribution in [0.5, 0.6) is 11.5 Å². The van der Waals surface area contributed by atoms with Gasteiger partial charge in [-0.2, -0.15) is 0 Å². The lowest BCUT2D eigenvalue weighted by molar-refractivity contribution is -0.120. The third kappa shape index (κ3) is 3.32. The van der Waals surface area contributed by atoms with Gasteiger partial charge in [-0.1, -0.05) is 38.1 Å². The van der Waals surface area contributed by atoms with Crippen LogP contribution in [0.2, 0.25) is 0 Å². The Hall–Kier alpha value is -2.30. The largest absolute Gasteiger partial charge is 0.492 e. The second-order valence-corrected chi connectivity index (χ2v) is 9.87. The van der Waals surface area contributed by atoms with Crippen molar-refractivity contribution in [2.24, 2.45) is 10.8 Å². The van der Waals surface area contributed by atoms with Crippen LogP contribution in [0.25, 0.3) is 21.5 Å². The van der Waals surface area contributed by atoms with Gasteiger partial charge in [0, 0.05) is 32.4 Å². The molecule has 0 spiro atoms. The van der Waals surface area contributed by atoms with Crippen molar-refractivity contribution in [3.05, 3.63) is 47.5 Å². The highest BCUT2D eigenvalue weighted by molar-refractivity contribution is 6.11. The Balaban J connectivity index is 1.66. The van der Waals surface area contributed by atoms with E-state index >= 15 is 0 Å². The molecular formula is C26H30O4. The molecule has 30 heavy (non-hydrogen) atoms. The fourth-order valence-electron chi connectivity index (χ4n) is 4.23. The Kier molecular flexibility index (Phi) is 4.68. The molecule has 0 bridgehead atoms. The third-order valence-corrected chi connectivity index (χ3v) is 6.47. The van der Waals surface area contributed by atoms with E-state index in [4.69, 9.17) is 18.9 Å². The first-order chi connectivity index (χ1) is 14.4. The van der Waals surface area contributed by atoms with Crippen LogP contribution in [-0.4, -0.2) is 39.6 Å². The maximum absolute atomic E-state index is 6.51. The minimum Gasteiger partial charge on any atom is -0.492 e. The first-order valence-electron chi connectivity index (χ1n) is 10.7. The molecule has 0 atom stereocenters. The van der Waals surface area contributed by atoms with E-state index in [2.05, 4.69) is 64.1 Å². The lowest BCUT2D eigenvalue weighted by Gasteiger charge is -2.38. The summed E-state index contributed by atoms with van der Waals surface area (Å²) in [5.41, 5.74) is 2.68. The molecule has 0 N–H and O–H groups in total. The van der Waals surface area contributed by atoms with E-state index in [0.717, 1.165) is 59.5 Å². The summed E-state index contributed by atoms with van der Waals surface area (Å²) in [4.78, 5) is 0. The summed E-state index contributed by atoms with van der Waals surface area (Å²) in [7, 11) is 0. The van der Waals surface area contributed by atoms with E-state index in [1.165, 1.54) is 11.1 Å². The van der Waals surface area contributed by atoms with Crippen LogP contribution in [0.3, 0.4) is 0 Å². The predicted octanol–water partition coefficient (Wildman–Crippen LogP) is 5.44. The Morgan fingerprint density at radius 2 is 1.10 bits per heavy atom. The first-order valence-corrected chi connectivity index (χ1v) is 10.7. The summed E-state index contributed by atoms with van der Waals surface area (Å²) in [5.74, 6) is 1.89. The molecule has 2 fully saturated rings. The molecular weight excluding hydrogens is 376 g/mol. The van der Waals surface area contributed by atoms with Crippen LogP contribution in [0, 0.1) is 24.7 Å². The van der Waals surface area contributed by atoms with Gasteiger partial charge in [0.25, 0.3) is 0 Å². The second kappa shape index (κ2) is 7.14. The van der Waals surface area contributed by atoms with Crippen molar-refractivity contribution in [2.75, 3.05) is 39.6 Å². The van der Waals surface area contributed by atoms with Gasteiger partial charge in [0.1, 0.15) is 11.5 Å². The molecule has 0 saturated carbocycles. The van der Waals surface area contributed by atoms with Crippen molar-refractivity contribution in [3.63, 3.8) is 0 Å². The van der Waals surface area contributed by atoms with E-state index in [0.29, 0.717) is 13.2 Å². The molecule has 0 radical (unpaired) electrons. The van der Waals surface area contributed by atoms with Crippen molar-refractivity contribution >= 4 is 21.5 Å². The van der Waals surface area contributed by atoms with Gasteiger partial charge in [-0.05, 0) is 37.1 Å². The molecule has 2 aliphatic rings. The van der Waals surface area contributed by atoms with Gasteiger partial charge >= 0.3 is 0 Å². The van der Waals surface area contributed by atoms with Crippen LogP contribution in [0.4, 0.5) is 0 Å². The van der Waals surface area contributed by atoms with Crippen LogP contribution < -0.4 is 9.47 Å². The fraction of sp³-hybridized carbons (Fsp3) is 0.462. The van der Waals surface area contributed by atoms with Gasteiger partial charge in [-0.15, -0.1) is 0 Å². The van der Waals surface area contributed by atoms with Crippen molar-refractivity contribution in [1.29, 1.82) is 0 Å². The monoisotopic (exact) mass is 406 g/mol. The van der Waals surface area contributed by atoms with E-state index < -0.39 is 0 Å². The smallest absolute Gasteiger partial charge is 0.135 e. The molecule has 0 unspecified atom stereocenters. The number of aryl methyl sites for hydroxylation is 2. The molecule has 5 rings (SSSR count). The quantitative estimate of drug-likeness (QED) is 0.511. The first kappa shape index (κ1) is 19.7. The molecule has 3 aromatic carbocycles. The zero-order chi connectivity index (χ0) is 20.9. The SMILES string of the molecule is Cc1cc2c(OCC3(C)COC3)c3ccccc3c(OCC3(C)COC3)c2cc1C. The predicted molar refractivity (Wildman–Crippen MR) is 120 cm³/mol. The number of hydrogen-bond donors (Lipinski definition) is 0. The van der Waals surface area contributed by atoms with Crippen LogP contribution in [-0.2, 0) is 9.47 Å². The average molecular weight is 407 g/mol. The van der Waals surface area contributed by atoms with E-state index in [1.807, 2.05) is 0 Å². The molecule has 2 saturated heterocycles. The van der Waals surface area contributed by atoms with E-state index in [9.17, 15) is 0 Å². The maximum atomic E-state index is 6.51. The Bertz CT molecular complexity index is 1020. The molecule has 4 heteroatoms. The van der Waals surface area contributed by atoms with Gasteiger partial charge in [0.2, 0.25) is 0 Å². The lowest BCUT2D eigenvalue weighted by atomic mass is 9.89. The topological polar surface area (TPSA) is 36.9 Å². The molecule has 4 nitrogen and oxygen atoms in total. The third-order valence-electron chi connectivity index (χ3n) is 6.47. The molecule has 2 aliphatic heterocycles. The summed E-state index contributed by atoms with van der Waals surface area (Å²) >= 11 is 0. The average Bonchev–Trinajstić information content (AvgIpc) is 2.69. The highest BCUT2D eigenvalue weighted by atomic mass is 16.5. The van der Waals surface area contributed by atoms with Gasteiger partial charge in [-0.25, -0.2) is 0 Å². The van der Waals surface area contributed by atoms with Crippen LogP contribution in [0.1, 0.15) is 25.0 Å². The zero-order valence-corrected chi connectivity index (χ0v) is 18.3. The second-order valence-electron chi connectivity index (χ2n) is 9.87. The summed E-state index contributed by atoms with van der Waals surface area (Å²) < 4.78 is 23.9. The minimum absolute atomic E-state index is 0.0845. The van der Waals surface area contributed by atoms with Crippen LogP contribution >= 0.6 is 0 Å². The lowest BCUT2D eigenvalue weighted by Crippen LogP contribution is -2.44. The highest BCUT2D eigenvalue weighted by Gasteiger charge is 2.36. The van der Waals surface area contributed by atoms with Gasteiger partial charge < -0.3 is 18.9 Å². The number of hydrogen-bond acceptors (Lipinski definition) is 4. The van der Waals surface area contributed by atoms with Crippen molar-refractivity contribution in [3.8, 4) is 11.5 Å². The van der Waals surface area contributed by atoms with Crippen molar-refractivity contribution in [1.82, 2.24) is 0 Å². The zero-order valence-electron chi connectivity index (χ0n) is 18.3. The summed E-state index contributed by atoms with van der Waals surface area (Å²) in [6.07, 6.45) is 0. The molecule has 2 heterocycles. The molecule has 0 aliphatic carbocycles. The van der Waals surface area contributed by atoms with Crippen molar-refractivity contribution < 1.29 is 18.9 Å². The maximum Gasteiger partial charge on any atom is 0.135 e. The number of benzene rings is 3. The summed E-state index contributed by atoms with van der Waals surface area (Å²) in [6, 6.07) is 12.9. The Labute approximate surface area is 178 Å². The molecule has 0 amide bonds.